The molecule has 4 aromatic rings. The summed E-state index contributed by atoms with van der Waals surface area (Å²) in [6.07, 6.45) is 0. The second-order valence-electron chi connectivity index (χ2n) is 5.06. The molecule has 0 saturated carbocycles. The number of carbonyl (C=O) groups excluding carboxylic acids is 1. The van der Waals surface area contributed by atoms with Gasteiger partial charge in [0.1, 0.15) is 5.75 Å². The first kappa shape index (κ1) is 11.9. The third-order valence-electron chi connectivity index (χ3n) is 3.84. The maximum atomic E-state index is 10.9. The minimum atomic E-state index is 0.496. The molecule has 0 aliphatic carbocycles. The minimum absolute atomic E-state index is 0.496. The molecular weight excluding hydrogens is 260 g/mol. The van der Waals surface area contributed by atoms with Gasteiger partial charge in [0.15, 0.2) is 0 Å². The Hall–Kier alpha value is -2.87. The molecule has 0 atom stereocenters. The van der Waals surface area contributed by atoms with Crippen molar-refractivity contribution in [2.24, 2.45) is 0 Å². The molecule has 0 unspecified atom stereocenters. The standard InChI is InChI=1S/C19H12O2/c20-12-21-19-17-8-4-3-7-15(17)10-16-9-13-5-1-2-6-14(13)11-18(16)19/h1-12H. The van der Waals surface area contributed by atoms with Gasteiger partial charge in [0, 0.05) is 10.8 Å². The summed E-state index contributed by atoms with van der Waals surface area (Å²) in [6.45, 7) is 0.496. The Morgan fingerprint density at radius 1 is 0.667 bits per heavy atom. The van der Waals surface area contributed by atoms with Crippen LogP contribution in [0.15, 0.2) is 66.7 Å². The SMILES string of the molecule is O=COc1c2ccccc2cc2cc3ccccc3cc12. The maximum Gasteiger partial charge on any atom is 0.298 e. The molecule has 0 spiro atoms. The van der Waals surface area contributed by atoms with Gasteiger partial charge >= 0.3 is 0 Å². The van der Waals surface area contributed by atoms with Gasteiger partial charge in [-0.2, -0.15) is 0 Å². The number of ether oxygens (including phenoxy) is 1. The normalized spacial score (nSPS) is 11.0. The van der Waals surface area contributed by atoms with Crippen LogP contribution in [0.3, 0.4) is 0 Å². The lowest BCUT2D eigenvalue weighted by molar-refractivity contribution is -0.120. The van der Waals surface area contributed by atoms with E-state index in [9.17, 15) is 4.79 Å². The van der Waals surface area contributed by atoms with Crippen LogP contribution in [0.2, 0.25) is 0 Å². The molecule has 0 aliphatic rings. The molecule has 0 aromatic heterocycles. The Morgan fingerprint density at radius 3 is 2.05 bits per heavy atom. The third-order valence-corrected chi connectivity index (χ3v) is 3.84. The largest absolute Gasteiger partial charge is 0.427 e. The second kappa shape index (κ2) is 4.60. The summed E-state index contributed by atoms with van der Waals surface area (Å²) in [4.78, 5) is 10.9. The van der Waals surface area contributed by atoms with Crippen LogP contribution >= 0.6 is 0 Å². The topological polar surface area (TPSA) is 26.3 Å². The molecular formula is C19H12O2. The molecule has 0 fully saturated rings. The Labute approximate surface area is 121 Å². The summed E-state index contributed by atoms with van der Waals surface area (Å²) in [6, 6.07) is 22.5. The number of fused-ring (bicyclic) bond motifs is 3. The van der Waals surface area contributed by atoms with Crippen molar-refractivity contribution < 1.29 is 9.53 Å². The smallest absolute Gasteiger partial charge is 0.298 e. The number of rotatable bonds is 2. The van der Waals surface area contributed by atoms with E-state index in [1.54, 1.807) is 0 Å². The predicted octanol–water partition coefficient (Wildman–Crippen LogP) is 4.68. The lowest BCUT2D eigenvalue weighted by Crippen LogP contribution is -1.92. The van der Waals surface area contributed by atoms with Crippen molar-refractivity contribution in [2.45, 2.75) is 0 Å². The molecule has 2 nitrogen and oxygen atoms in total. The zero-order valence-corrected chi connectivity index (χ0v) is 11.2. The number of hydrogen-bond donors (Lipinski definition) is 0. The molecule has 0 N–H and O–H groups in total. The van der Waals surface area contributed by atoms with Crippen LogP contribution < -0.4 is 4.74 Å². The molecule has 0 heterocycles. The minimum Gasteiger partial charge on any atom is -0.427 e. The lowest BCUT2D eigenvalue weighted by atomic mass is 9.98. The molecule has 21 heavy (non-hydrogen) atoms. The fourth-order valence-electron chi connectivity index (χ4n) is 2.89. The molecule has 0 radical (unpaired) electrons. The van der Waals surface area contributed by atoms with Crippen LogP contribution in [0.1, 0.15) is 0 Å². The summed E-state index contributed by atoms with van der Waals surface area (Å²) in [5, 5.41) is 6.36. The van der Waals surface area contributed by atoms with Crippen LogP contribution in [0.25, 0.3) is 32.3 Å². The van der Waals surface area contributed by atoms with Crippen LogP contribution in [-0.2, 0) is 4.79 Å². The van der Waals surface area contributed by atoms with Gasteiger partial charge in [-0.05, 0) is 39.7 Å². The molecule has 0 saturated heterocycles. The van der Waals surface area contributed by atoms with E-state index < -0.39 is 0 Å². The zero-order chi connectivity index (χ0) is 14.2. The highest BCUT2D eigenvalue weighted by molar-refractivity contribution is 6.10. The molecule has 0 bridgehead atoms. The molecule has 2 heteroatoms. The van der Waals surface area contributed by atoms with E-state index in [1.165, 1.54) is 5.39 Å². The fourth-order valence-corrected chi connectivity index (χ4v) is 2.89. The van der Waals surface area contributed by atoms with Crippen molar-refractivity contribution in [1.29, 1.82) is 0 Å². The van der Waals surface area contributed by atoms with E-state index in [1.807, 2.05) is 36.4 Å². The first-order valence-electron chi connectivity index (χ1n) is 6.81. The fraction of sp³-hybridized carbons (Fsp3) is 0. The highest BCUT2D eigenvalue weighted by Crippen LogP contribution is 2.36. The van der Waals surface area contributed by atoms with Crippen molar-refractivity contribution in [3.05, 3.63) is 66.7 Å². The Bertz CT molecular complexity index is 981. The van der Waals surface area contributed by atoms with Crippen molar-refractivity contribution >= 4 is 38.8 Å². The van der Waals surface area contributed by atoms with Gasteiger partial charge in [0.25, 0.3) is 6.47 Å². The summed E-state index contributed by atoms with van der Waals surface area (Å²) in [5.74, 6) is 0.629. The monoisotopic (exact) mass is 272 g/mol. The third kappa shape index (κ3) is 1.84. The van der Waals surface area contributed by atoms with Crippen molar-refractivity contribution in [2.75, 3.05) is 0 Å². The molecule has 100 valence electrons. The van der Waals surface area contributed by atoms with Gasteiger partial charge in [-0.25, -0.2) is 0 Å². The maximum absolute atomic E-state index is 10.9. The Balaban J connectivity index is 2.22. The first-order chi connectivity index (χ1) is 10.4. The average molecular weight is 272 g/mol. The summed E-state index contributed by atoms with van der Waals surface area (Å²) >= 11 is 0. The number of hydrogen-bond acceptors (Lipinski definition) is 2. The number of benzene rings is 4. The van der Waals surface area contributed by atoms with E-state index in [-0.39, 0.29) is 0 Å². The first-order valence-corrected chi connectivity index (χ1v) is 6.81. The van der Waals surface area contributed by atoms with Gasteiger partial charge in [-0.3, -0.25) is 4.79 Å². The molecule has 4 rings (SSSR count). The van der Waals surface area contributed by atoms with Crippen LogP contribution in [-0.4, -0.2) is 6.47 Å². The van der Waals surface area contributed by atoms with Crippen LogP contribution in [0.4, 0.5) is 0 Å². The van der Waals surface area contributed by atoms with Gasteiger partial charge in [0.05, 0.1) is 0 Å². The zero-order valence-electron chi connectivity index (χ0n) is 11.2. The van der Waals surface area contributed by atoms with Gasteiger partial charge in [-0.1, -0.05) is 48.5 Å². The van der Waals surface area contributed by atoms with E-state index in [0.717, 1.165) is 26.9 Å². The predicted molar refractivity (Wildman–Crippen MR) is 85.7 cm³/mol. The lowest BCUT2D eigenvalue weighted by Gasteiger charge is -2.10. The Morgan fingerprint density at radius 2 is 1.29 bits per heavy atom. The van der Waals surface area contributed by atoms with E-state index in [2.05, 4.69) is 30.3 Å². The van der Waals surface area contributed by atoms with E-state index in [4.69, 9.17) is 4.74 Å². The summed E-state index contributed by atoms with van der Waals surface area (Å²) in [5.41, 5.74) is 0. The van der Waals surface area contributed by atoms with Crippen LogP contribution in [0.5, 0.6) is 5.75 Å². The van der Waals surface area contributed by atoms with E-state index >= 15 is 0 Å². The number of carbonyl (C=O) groups is 1. The molecule has 0 aliphatic heterocycles. The van der Waals surface area contributed by atoms with E-state index in [0.29, 0.717) is 12.2 Å². The highest BCUT2D eigenvalue weighted by atomic mass is 16.5. The average Bonchev–Trinajstić information content (AvgIpc) is 2.53. The van der Waals surface area contributed by atoms with Crippen molar-refractivity contribution in [3.63, 3.8) is 0 Å². The van der Waals surface area contributed by atoms with Crippen LogP contribution in [0, 0.1) is 0 Å². The van der Waals surface area contributed by atoms with Gasteiger partial charge in [-0.15, -0.1) is 0 Å². The highest BCUT2D eigenvalue weighted by Gasteiger charge is 2.09. The molecule has 0 amide bonds. The van der Waals surface area contributed by atoms with Crippen molar-refractivity contribution in [3.8, 4) is 5.75 Å². The summed E-state index contributed by atoms with van der Waals surface area (Å²) < 4.78 is 5.30. The second-order valence-corrected chi connectivity index (χ2v) is 5.06. The van der Waals surface area contributed by atoms with Crippen molar-refractivity contribution in [1.82, 2.24) is 0 Å². The summed E-state index contributed by atoms with van der Waals surface area (Å²) in [7, 11) is 0. The van der Waals surface area contributed by atoms with Gasteiger partial charge < -0.3 is 4.74 Å². The van der Waals surface area contributed by atoms with Gasteiger partial charge in [0.2, 0.25) is 0 Å². The molecule has 4 aromatic carbocycles. The Kier molecular flexibility index (Phi) is 2.61. The quantitative estimate of drug-likeness (QED) is 0.391.